The lowest BCUT2D eigenvalue weighted by Crippen LogP contribution is -2.13. The minimum Gasteiger partial charge on any atom is -0.493 e. The zero-order valence-corrected chi connectivity index (χ0v) is 20.7. The zero-order valence-electron chi connectivity index (χ0n) is 20.7. The molecule has 1 aliphatic rings. The van der Waals surface area contributed by atoms with E-state index in [1.165, 1.54) is 36.4 Å². The van der Waals surface area contributed by atoms with Crippen LogP contribution in [0.2, 0.25) is 0 Å². The summed E-state index contributed by atoms with van der Waals surface area (Å²) in [6.45, 7) is 4.70. The van der Waals surface area contributed by atoms with Gasteiger partial charge in [-0.15, -0.1) is 0 Å². The summed E-state index contributed by atoms with van der Waals surface area (Å²) in [6.07, 6.45) is 5.59. The van der Waals surface area contributed by atoms with E-state index in [0.29, 0.717) is 29.4 Å². The molecule has 0 heterocycles. The molecular formula is C30H31F3O3. The lowest BCUT2D eigenvalue weighted by Gasteiger charge is -2.27. The average Bonchev–Trinajstić information content (AvgIpc) is 2.88. The van der Waals surface area contributed by atoms with Gasteiger partial charge in [-0.05, 0) is 66.5 Å². The number of halogens is 3. The summed E-state index contributed by atoms with van der Waals surface area (Å²) in [5.41, 5.74) is 1.17. The van der Waals surface area contributed by atoms with Crippen LogP contribution in [0.3, 0.4) is 0 Å². The molecule has 3 nitrogen and oxygen atoms in total. The van der Waals surface area contributed by atoms with E-state index in [1.54, 1.807) is 18.2 Å². The zero-order chi connectivity index (χ0) is 25.7. The first-order valence-electron chi connectivity index (χ1n) is 12.6. The molecule has 36 heavy (non-hydrogen) atoms. The van der Waals surface area contributed by atoms with Gasteiger partial charge in [-0.25, -0.2) is 18.0 Å². The molecule has 0 unspecified atom stereocenters. The van der Waals surface area contributed by atoms with E-state index in [-0.39, 0.29) is 22.8 Å². The molecule has 0 aliphatic heterocycles. The first kappa shape index (κ1) is 25.8. The molecule has 0 atom stereocenters. The number of hydrogen-bond donors (Lipinski definition) is 0. The van der Waals surface area contributed by atoms with Gasteiger partial charge in [-0.1, -0.05) is 57.4 Å². The van der Waals surface area contributed by atoms with Gasteiger partial charge in [-0.2, -0.15) is 0 Å². The number of carbonyl (C=O) groups excluding carboxylic acids is 1. The molecule has 1 fully saturated rings. The van der Waals surface area contributed by atoms with E-state index in [0.717, 1.165) is 38.5 Å². The second kappa shape index (κ2) is 11.6. The van der Waals surface area contributed by atoms with Crippen molar-refractivity contribution in [3.8, 4) is 22.6 Å². The van der Waals surface area contributed by atoms with Crippen molar-refractivity contribution in [2.24, 2.45) is 5.92 Å². The first-order chi connectivity index (χ1) is 17.4. The van der Waals surface area contributed by atoms with Crippen LogP contribution < -0.4 is 9.47 Å². The first-order valence-corrected chi connectivity index (χ1v) is 12.6. The Bertz CT molecular complexity index is 1200. The Kier molecular flexibility index (Phi) is 8.34. The van der Waals surface area contributed by atoms with Crippen LogP contribution in [0, 0.1) is 23.4 Å². The van der Waals surface area contributed by atoms with Crippen molar-refractivity contribution in [2.45, 2.75) is 58.3 Å². The second-order valence-electron chi connectivity index (χ2n) is 9.55. The maximum Gasteiger partial charge on any atom is 0.343 e. The molecule has 6 heteroatoms. The molecule has 3 aromatic carbocycles. The van der Waals surface area contributed by atoms with Gasteiger partial charge in [0.2, 0.25) is 0 Å². The summed E-state index contributed by atoms with van der Waals surface area (Å²) in [5.74, 6) is -2.33. The van der Waals surface area contributed by atoms with E-state index in [4.69, 9.17) is 9.47 Å². The Balaban J connectivity index is 1.44. The fourth-order valence-corrected chi connectivity index (χ4v) is 4.61. The van der Waals surface area contributed by atoms with Crippen molar-refractivity contribution in [1.82, 2.24) is 0 Å². The smallest absolute Gasteiger partial charge is 0.343 e. The third kappa shape index (κ3) is 5.92. The van der Waals surface area contributed by atoms with E-state index >= 15 is 0 Å². The summed E-state index contributed by atoms with van der Waals surface area (Å²) in [4.78, 5) is 12.5. The number of carbonyl (C=O) groups is 1. The minimum absolute atomic E-state index is 0.0410. The Labute approximate surface area is 210 Å². The highest BCUT2D eigenvalue weighted by atomic mass is 19.2. The Hall–Kier alpha value is -3.28. The fraction of sp³-hybridized carbons (Fsp3) is 0.367. The molecule has 4 rings (SSSR count). The van der Waals surface area contributed by atoms with Crippen LogP contribution in [0.1, 0.15) is 74.2 Å². The number of esters is 1. The van der Waals surface area contributed by atoms with Gasteiger partial charge in [0.15, 0.2) is 23.2 Å². The van der Waals surface area contributed by atoms with Gasteiger partial charge in [0.25, 0.3) is 0 Å². The predicted octanol–water partition coefficient (Wildman–Crippen LogP) is 8.46. The molecule has 0 N–H and O–H groups in total. The average molecular weight is 497 g/mol. The van der Waals surface area contributed by atoms with Crippen LogP contribution in [0.25, 0.3) is 11.1 Å². The molecule has 0 spiro atoms. The molecule has 0 saturated heterocycles. The van der Waals surface area contributed by atoms with Crippen molar-refractivity contribution < 1.29 is 27.4 Å². The highest BCUT2D eigenvalue weighted by molar-refractivity contribution is 5.91. The van der Waals surface area contributed by atoms with Crippen molar-refractivity contribution in [2.75, 3.05) is 6.61 Å². The molecular weight excluding hydrogens is 465 g/mol. The van der Waals surface area contributed by atoms with Crippen molar-refractivity contribution in [3.05, 3.63) is 83.2 Å². The SMILES string of the molecule is CCCCOc1ccc(OC(=O)c2ccc(-c3ccc(C4CCC(C)CC4)c(F)c3F)cc2)c(F)c1. The number of hydrogen-bond acceptors (Lipinski definition) is 3. The fourth-order valence-electron chi connectivity index (χ4n) is 4.61. The molecule has 3 aromatic rings. The summed E-state index contributed by atoms with van der Waals surface area (Å²) in [6, 6.07) is 13.3. The van der Waals surface area contributed by atoms with Gasteiger partial charge in [-0.3, -0.25) is 0 Å². The van der Waals surface area contributed by atoms with Crippen molar-refractivity contribution >= 4 is 5.97 Å². The highest BCUT2D eigenvalue weighted by Gasteiger charge is 2.25. The Morgan fingerprint density at radius 2 is 1.64 bits per heavy atom. The number of ether oxygens (including phenoxy) is 2. The van der Waals surface area contributed by atoms with Gasteiger partial charge in [0.1, 0.15) is 5.75 Å². The maximum atomic E-state index is 15.0. The van der Waals surface area contributed by atoms with Crippen LogP contribution in [-0.2, 0) is 0 Å². The molecule has 0 radical (unpaired) electrons. The van der Waals surface area contributed by atoms with Crippen LogP contribution in [0.5, 0.6) is 11.5 Å². The molecule has 0 amide bonds. The lowest BCUT2D eigenvalue weighted by molar-refractivity contribution is 0.0727. The van der Waals surface area contributed by atoms with Crippen LogP contribution in [0.4, 0.5) is 13.2 Å². The summed E-state index contributed by atoms with van der Waals surface area (Å²) in [5, 5.41) is 0. The van der Waals surface area contributed by atoms with Crippen molar-refractivity contribution in [1.29, 1.82) is 0 Å². The molecule has 1 saturated carbocycles. The van der Waals surface area contributed by atoms with E-state index in [1.807, 2.05) is 6.92 Å². The second-order valence-corrected chi connectivity index (χ2v) is 9.55. The third-order valence-electron chi connectivity index (χ3n) is 6.87. The quantitative estimate of drug-likeness (QED) is 0.178. The van der Waals surface area contributed by atoms with Gasteiger partial charge in [0.05, 0.1) is 12.2 Å². The highest BCUT2D eigenvalue weighted by Crippen LogP contribution is 2.38. The topological polar surface area (TPSA) is 35.5 Å². The summed E-state index contributed by atoms with van der Waals surface area (Å²) < 4.78 is 54.9. The monoisotopic (exact) mass is 496 g/mol. The Morgan fingerprint density at radius 1 is 0.917 bits per heavy atom. The standard InChI is InChI=1S/C30H31F3O3/c1-3-4-17-35-23-13-16-27(26(31)18-23)36-30(34)22-11-9-21(10-12-22)25-15-14-24(28(32)29(25)33)20-7-5-19(2)6-8-20/h9-16,18-20H,3-8,17H2,1-2H3. The van der Waals surface area contributed by atoms with E-state index < -0.39 is 23.4 Å². The minimum atomic E-state index is -0.884. The third-order valence-corrected chi connectivity index (χ3v) is 6.87. The maximum absolute atomic E-state index is 15.0. The summed E-state index contributed by atoms with van der Waals surface area (Å²) in [7, 11) is 0. The van der Waals surface area contributed by atoms with Crippen LogP contribution in [0.15, 0.2) is 54.6 Å². The number of rotatable bonds is 8. The van der Waals surface area contributed by atoms with Crippen LogP contribution in [-0.4, -0.2) is 12.6 Å². The largest absolute Gasteiger partial charge is 0.493 e. The van der Waals surface area contributed by atoms with Gasteiger partial charge >= 0.3 is 5.97 Å². The van der Waals surface area contributed by atoms with Crippen LogP contribution >= 0.6 is 0 Å². The predicted molar refractivity (Wildman–Crippen MR) is 134 cm³/mol. The number of benzene rings is 3. The van der Waals surface area contributed by atoms with Gasteiger partial charge in [0, 0.05) is 11.6 Å². The normalized spacial score (nSPS) is 17.6. The van der Waals surface area contributed by atoms with Gasteiger partial charge < -0.3 is 9.47 Å². The molecule has 1 aliphatic carbocycles. The van der Waals surface area contributed by atoms with E-state index in [9.17, 15) is 18.0 Å². The lowest BCUT2D eigenvalue weighted by atomic mass is 9.79. The molecule has 0 bridgehead atoms. The summed E-state index contributed by atoms with van der Waals surface area (Å²) >= 11 is 0. The number of unbranched alkanes of at least 4 members (excludes halogenated alkanes) is 1. The molecule has 190 valence electrons. The van der Waals surface area contributed by atoms with E-state index in [2.05, 4.69) is 6.92 Å². The molecule has 0 aromatic heterocycles. The Morgan fingerprint density at radius 3 is 2.31 bits per heavy atom. The van der Waals surface area contributed by atoms with Crippen molar-refractivity contribution in [3.63, 3.8) is 0 Å².